The number of allylic oxidation sites excluding steroid dienone is 2. The first-order chi connectivity index (χ1) is 11.9. The van der Waals surface area contributed by atoms with Crippen LogP contribution in [0.3, 0.4) is 0 Å². The monoisotopic (exact) mass is 335 g/mol. The van der Waals surface area contributed by atoms with Gasteiger partial charge in [-0.15, -0.1) is 0 Å². The fourth-order valence-electron chi connectivity index (χ4n) is 3.31. The summed E-state index contributed by atoms with van der Waals surface area (Å²) in [6, 6.07) is 0. The average Bonchev–Trinajstić information content (AvgIpc) is 3.03. The van der Waals surface area contributed by atoms with Gasteiger partial charge in [0.15, 0.2) is 0 Å². The largest absolute Gasteiger partial charge is 0.370 e. The van der Waals surface area contributed by atoms with E-state index >= 15 is 0 Å². The lowest BCUT2D eigenvalue weighted by Crippen LogP contribution is -2.37. The zero-order valence-corrected chi connectivity index (χ0v) is 16.0. The van der Waals surface area contributed by atoms with E-state index in [1.165, 1.54) is 83.5 Å². The molecule has 3 N–H and O–H groups in total. The summed E-state index contributed by atoms with van der Waals surface area (Å²) in [5.41, 5.74) is 5.64. The van der Waals surface area contributed by atoms with Crippen LogP contribution in [-0.2, 0) is 0 Å². The van der Waals surface area contributed by atoms with Crippen molar-refractivity contribution in [2.75, 3.05) is 13.1 Å². The highest BCUT2D eigenvalue weighted by Crippen LogP contribution is 2.14. The van der Waals surface area contributed by atoms with Crippen LogP contribution in [0, 0.1) is 0 Å². The van der Waals surface area contributed by atoms with Gasteiger partial charge in [0.1, 0.15) is 0 Å². The molecule has 3 heteroatoms. The van der Waals surface area contributed by atoms with Crippen LogP contribution in [0.1, 0.15) is 90.4 Å². The van der Waals surface area contributed by atoms with Crippen LogP contribution < -0.4 is 11.1 Å². The van der Waals surface area contributed by atoms with E-state index in [9.17, 15) is 0 Å². The third-order valence-corrected chi connectivity index (χ3v) is 4.83. The van der Waals surface area contributed by atoms with Gasteiger partial charge in [-0.25, -0.2) is 0 Å². The molecule has 0 spiro atoms. The predicted molar refractivity (Wildman–Crippen MR) is 107 cm³/mol. The summed E-state index contributed by atoms with van der Waals surface area (Å²) in [6.45, 7) is 3.96. The van der Waals surface area contributed by atoms with E-state index in [0.29, 0.717) is 6.17 Å². The fourth-order valence-corrected chi connectivity index (χ4v) is 3.31. The van der Waals surface area contributed by atoms with Crippen LogP contribution in [0.4, 0.5) is 0 Å². The van der Waals surface area contributed by atoms with E-state index < -0.39 is 0 Å². The number of nitrogens with one attached hydrogen (secondary N) is 1. The van der Waals surface area contributed by atoms with Crippen molar-refractivity contribution in [3.05, 3.63) is 24.6 Å². The zero-order chi connectivity index (χ0) is 17.3. The molecule has 1 atom stereocenters. The number of hydrogen-bond donors (Lipinski definition) is 2. The summed E-state index contributed by atoms with van der Waals surface area (Å²) in [5, 5.41) is 3.42. The lowest BCUT2D eigenvalue weighted by atomic mass is 10.1. The van der Waals surface area contributed by atoms with Crippen molar-refractivity contribution < 1.29 is 0 Å². The minimum Gasteiger partial charge on any atom is -0.370 e. The molecule has 0 fully saturated rings. The Bertz CT molecular complexity index is 325. The quantitative estimate of drug-likeness (QED) is 0.297. The first-order valence-electron chi connectivity index (χ1n) is 10.4. The Morgan fingerprint density at radius 1 is 0.917 bits per heavy atom. The molecule has 140 valence electrons. The fraction of sp³-hybridized carbons (Fsp3) is 0.810. The van der Waals surface area contributed by atoms with Gasteiger partial charge in [0.25, 0.3) is 0 Å². The van der Waals surface area contributed by atoms with Crippen molar-refractivity contribution in [1.29, 1.82) is 0 Å². The highest BCUT2D eigenvalue weighted by atomic mass is 15.3. The van der Waals surface area contributed by atoms with Crippen molar-refractivity contribution >= 4 is 0 Å². The van der Waals surface area contributed by atoms with Gasteiger partial charge in [-0.1, -0.05) is 64.0 Å². The lowest BCUT2D eigenvalue weighted by molar-refractivity contribution is 0.264. The summed E-state index contributed by atoms with van der Waals surface area (Å²) in [5.74, 6) is 0. The third kappa shape index (κ3) is 10.7. The van der Waals surface area contributed by atoms with Crippen molar-refractivity contribution in [3.8, 4) is 0 Å². The van der Waals surface area contributed by atoms with Gasteiger partial charge < -0.3 is 16.0 Å². The second kappa shape index (κ2) is 15.6. The van der Waals surface area contributed by atoms with Gasteiger partial charge >= 0.3 is 0 Å². The van der Waals surface area contributed by atoms with Crippen molar-refractivity contribution in [2.45, 2.75) is 96.6 Å². The Labute approximate surface area is 150 Å². The molecule has 0 aromatic heterocycles. The topological polar surface area (TPSA) is 41.3 Å². The Hall–Kier alpha value is -0.960. The van der Waals surface area contributed by atoms with E-state index in [1.54, 1.807) is 0 Å². The molecule has 0 aliphatic carbocycles. The standard InChI is InChI=1S/C21H41N3/c1-2-3-4-5-6-7-8-9-10-11-12-13-14-15-16-21-23-18-20-24(21)19-17-22/h6-7,18,20-21,23H,2-5,8-17,19,22H2,1H3/b7-6+. The van der Waals surface area contributed by atoms with Crippen LogP contribution in [0.25, 0.3) is 0 Å². The number of rotatable bonds is 16. The number of nitrogens with zero attached hydrogens (tertiary/aromatic N) is 1. The molecule has 0 saturated heterocycles. The zero-order valence-electron chi connectivity index (χ0n) is 16.0. The smallest absolute Gasteiger partial charge is 0.0981 e. The predicted octanol–water partition coefficient (Wildman–Crippen LogP) is 5.30. The summed E-state index contributed by atoms with van der Waals surface area (Å²) in [6.07, 6.45) is 27.0. The van der Waals surface area contributed by atoms with E-state index in [4.69, 9.17) is 5.73 Å². The Kier molecular flexibility index (Phi) is 13.7. The van der Waals surface area contributed by atoms with Crippen molar-refractivity contribution in [3.63, 3.8) is 0 Å². The van der Waals surface area contributed by atoms with E-state index in [0.717, 1.165) is 13.1 Å². The minimum atomic E-state index is 0.484. The number of hydrogen-bond acceptors (Lipinski definition) is 3. The van der Waals surface area contributed by atoms with Gasteiger partial charge in [0, 0.05) is 25.5 Å². The van der Waals surface area contributed by atoms with Crippen molar-refractivity contribution in [1.82, 2.24) is 10.2 Å². The van der Waals surface area contributed by atoms with Crippen LogP contribution in [0.5, 0.6) is 0 Å². The molecule has 0 amide bonds. The second-order valence-corrected chi connectivity index (χ2v) is 7.04. The summed E-state index contributed by atoms with van der Waals surface area (Å²) >= 11 is 0. The van der Waals surface area contributed by atoms with E-state index in [-0.39, 0.29) is 0 Å². The molecule has 1 heterocycles. The maximum absolute atomic E-state index is 5.64. The molecule has 1 aliphatic heterocycles. The second-order valence-electron chi connectivity index (χ2n) is 7.04. The molecular weight excluding hydrogens is 294 g/mol. The molecule has 0 saturated carbocycles. The lowest BCUT2D eigenvalue weighted by Gasteiger charge is -2.25. The average molecular weight is 336 g/mol. The molecule has 0 aromatic carbocycles. The Morgan fingerprint density at radius 2 is 1.54 bits per heavy atom. The van der Waals surface area contributed by atoms with Gasteiger partial charge in [0.05, 0.1) is 6.17 Å². The normalized spacial score (nSPS) is 17.1. The minimum absolute atomic E-state index is 0.484. The van der Waals surface area contributed by atoms with Gasteiger partial charge in [-0.05, 0) is 38.5 Å². The molecule has 0 bridgehead atoms. The maximum Gasteiger partial charge on any atom is 0.0981 e. The van der Waals surface area contributed by atoms with E-state index in [1.807, 2.05) is 0 Å². The molecule has 0 radical (unpaired) electrons. The van der Waals surface area contributed by atoms with Gasteiger partial charge in [-0.2, -0.15) is 0 Å². The molecular formula is C21H41N3. The molecule has 0 aromatic rings. The van der Waals surface area contributed by atoms with Gasteiger partial charge in [0.2, 0.25) is 0 Å². The van der Waals surface area contributed by atoms with E-state index in [2.05, 4.69) is 41.7 Å². The molecule has 1 rings (SSSR count). The number of nitrogens with two attached hydrogens (primary N) is 1. The molecule has 1 unspecified atom stereocenters. The molecule has 1 aliphatic rings. The third-order valence-electron chi connectivity index (χ3n) is 4.83. The SMILES string of the molecule is CCCCC/C=C/CCCCCCCCCC1NC=CN1CCN. The first kappa shape index (κ1) is 21.1. The molecule has 24 heavy (non-hydrogen) atoms. The summed E-state index contributed by atoms with van der Waals surface area (Å²) in [4.78, 5) is 2.33. The molecule has 3 nitrogen and oxygen atoms in total. The Balaban J connectivity index is 1.81. The van der Waals surface area contributed by atoms with Crippen LogP contribution in [-0.4, -0.2) is 24.2 Å². The first-order valence-corrected chi connectivity index (χ1v) is 10.4. The van der Waals surface area contributed by atoms with Crippen LogP contribution in [0.15, 0.2) is 24.6 Å². The highest BCUT2D eigenvalue weighted by Gasteiger charge is 2.16. The van der Waals surface area contributed by atoms with Crippen LogP contribution in [0.2, 0.25) is 0 Å². The summed E-state index contributed by atoms with van der Waals surface area (Å²) in [7, 11) is 0. The highest BCUT2D eigenvalue weighted by molar-refractivity contribution is 4.94. The Morgan fingerprint density at radius 3 is 2.21 bits per heavy atom. The number of unbranched alkanes of at least 4 members (excludes halogenated alkanes) is 10. The van der Waals surface area contributed by atoms with Crippen LogP contribution >= 0.6 is 0 Å². The maximum atomic E-state index is 5.64. The van der Waals surface area contributed by atoms with Crippen molar-refractivity contribution in [2.24, 2.45) is 5.73 Å². The summed E-state index contributed by atoms with van der Waals surface area (Å²) < 4.78 is 0. The van der Waals surface area contributed by atoms with Gasteiger partial charge in [-0.3, -0.25) is 0 Å².